The number of aryl methyl sites for hydroxylation is 1. The van der Waals surface area contributed by atoms with Crippen LogP contribution in [-0.4, -0.2) is 26.8 Å². The van der Waals surface area contributed by atoms with Gasteiger partial charge >= 0.3 is 0 Å². The second-order valence-electron chi connectivity index (χ2n) is 8.70. The van der Waals surface area contributed by atoms with Crippen LogP contribution in [0.4, 0.5) is 0 Å². The molecule has 1 N–H and O–H groups in total. The van der Waals surface area contributed by atoms with Crippen LogP contribution in [0.1, 0.15) is 69.6 Å². The fraction of sp³-hybridized carbons (Fsp3) is 0.619. The van der Waals surface area contributed by atoms with E-state index in [0.29, 0.717) is 29.3 Å². The molecule has 0 spiro atoms. The van der Waals surface area contributed by atoms with Crippen molar-refractivity contribution in [2.45, 2.75) is 77.4 Å². The first-order valence-electron chi connectivity index (χ1n) is 9.69. The molecule has 0 saturated heterocycles. The third-order valence-corrected chi connectivity index (χ3v) is 6.30. The van der Waals surface area contributed by atoms with E-state index < -0.39 is 0 Å². The Kier molecular flexibility index (Phi) is 4.19. The van der Waals surface area contributed by atoms with Crippen LogP contribution in [0, 0.1) is 5.41 Å². The second kappa shape index (κ2) is 6.24. The molecule has 4 rings (SSSR count). The molecule has 1 aromatic heterocycles. The molecule has 25 heavy (non-hydrogen) atoms. The summed E-state index contributed by atoms with van der Waals surface area (Å²) in [5.41, 5.74) is 1.78. The summed E-state index contributed by atoms with van der Waals surface area (Å²) in [6, 6.07) is 12.1. The van der Waals surface area contributed by atoms with E-state index in [1.165, 1.54) is 18.4 Å². The minimum atomic E-state index is 0.299. The topological polar surface area (TPSA) is 42.7 Å². The summed E-state index contributed by atoms with van der Waals surface area (Å²) >= 11 is 0. The first kappa shape index (κ1) is 16.8. The number of hydrogen-bond donors (Lipinski definition) is 1. The highest BCUT2D eigenvalue weighted by atomic mass is 15.4. The van der Waals surface area contributed by atoms with Crippen LogP contribution in [0.3, 0.4) is 0 Å². The molecule has 3 atom stereocenters. The summed E-state index contributed by atoms with van der Waals surface area (Å²) in [6.45, 7) is 10.1. The van der Waals surface area contributed by atoms with Gasteiger partial charge in [0, 0.05) is 24.4 Å². The maximum absolute atomic E-state index is 4.72. The Hall–Kier alpha value is -1.68. The molecule has 1 saturated carbocycles. The van der Waals surface area contributed by atoms with Crippen LogP contribution in [0.25, 0.3) is 0 Å². The predicted octanol–water partition coefficient (Wildman–Crippen LogP) is 3.89. The van der Waals surface area contributed by atoms with Gasteiger partial charge < -0.3 is 5.32 Å². The lowest BCUT2D eigenvalue weighted by molar-refractivity contribution is 0.0548. The van der Waals surface area contributed by atoms with Crippen LogP contribution in [0.5, 0.6) is 0 Å². The Bertz CT molecular complexity index is 732. The zero-order chi connectivity index (χ0) is 17.6. The lowest BCUT2D eigenvalue weighted by atomic mass is 9.56. The molecule has 2 aromatic rings. The molecule has 0 bridgehead atoms. The van der Waals surface area contributed by atoms with Crippen LogP contribution >= 0.6 is 0 Å². The molecule has 2 aliphatic rings. The van der Waals surface area contributed by atoms with Crippen molar-refractivity contribution in [3.63, 3.8) is 0 Å². The molecule has 1 fully saturated rings. The third-order valence-electron chi connectivity index (χ3n) is 6.30. The van der Waals surface area contributed by atoms with Crippen molar-refractivity contribution in [3.05, 3.63) is 47.5 Å². The summed E-state index contributed by atoms with van der Waals surface area (Å²) in [6.07, 6.45) is 3.43. The fourth-order valence-electron chi connectivity index (χ4n) is 4.45. The van der Waals surface area contributed by atoms with Gasteiger partial charge in [-0.15, -0.1) is 0 Å². The summed E-state index contributed by atoms with van der Waals surface area (Å²) < 4.78 is 2.14. The minimum absolute atomic E-state index is 0.299. The normalized spacial score (nSPS) is 27.8. The largest absolute Gasteiger partial charge is 0.309 e. The predicted molar refractivity (Wildman–Crippen MR) is 101 cm³/mol. The van der Waals surface area contributed by atoms with E-state index in [-0.39, 0.29) is 0 Å². The SMILES string of the molecule is CC(C)c1nc2n(n1)C[C@H](N[C@@H]1C[C@H](c3ccccc3)C1(C)C)CC2. The molecule has 4 nitrogen and oxygen atoms in total. The monoisotopic (exact) mass is 338 g/mol. The van der Waals surface area contributed by atoms with E-state index in [0.717, 1.165) is 24.6 Å². The zero-order valence-electron chi connectivity index (χ0n) is 15.9. The standard InChI is InChI=1S/C21H30N4/c1-14(2)20-23-19-11-10-16(13-25(19)24-20)22-18-12-17(21(18,3)4)15-8-6-5-7-9-15/h5-9,14,16-18,22H,10-13H2,1-4H3/t16-,17-,18-/m1/s1. The van der Waals surface area contributed by atoms with Crippen LogP contribution in [0.15, 0.2) is 30.3 Å². The van der Waals surface area contributed by atoms with Crippen molar-refractivity contribution in [2.24, 2.45) is 5.41 Å². The maximum Gasteiger partial charge on any atom is 0.153 e. The highest BCUT2D eigenvalue weighted by Crippen LogP contribution is 2.52. The zero-order valence-corrected chi connectivity index (χ0v) is 15.9. The molecule has 2 heterocycles. The third kappa shape index (κ3) is 3.01. The number of hydrogen-bond acceptors (Lipinski definition) is 3. The number of nitrogens with one attached hydrogen (secondary N) is 1. The van der Waals surface area contributed by atoms with Crippen molar-refractivity contribution in [1.29, 1.82) is 0 Å². The van der Waals surface area contributed by atoms with Gasteiger partial charge in [-0.2, -0.15) is 5.10 Å². The fourth-order valence-corrected chi connectivity index (χ4v) is 4.45. The average molecular weight is 338 g/mol. The van der Waals surface area contributed by atoms with E-state index in [1.54, 1.807) is 0 Å². The maximum atomic E-state index is 4.72. The van der Waals surface area contributed by atoms with Crippen molar-refractivity contribution < 1.29 is 0 Å². The Balaban J connectivity index is 1.40. The van der Waals surface area contributed by atoms with Gasteiger partial charge in [-0.05, 0) is 29.7 Å². The van der Waals surface area contributed by atoms with Gasteiger partial charge in [0.15, 0.2) is 5.82 Å². The Morgan fingerprint density at radius 3 is 2.64 bits per heavy atom. The van der Waals surface area contributed by atoms with Gasteiger partial charge in [-0.25, -0.2) is 9.67 Å². The number of fused-ring (bicyclic) bond motifs is 1. The molecular weight excluding hydrogens is 308 g/mol. The minimum Gasteiger partial charge on any atom is -0.309 e. The first-order valence-corrected chi connectivity index (χ1v) is 9.69. The lowest BCUT2D eigenvalue weighted by Gasteiger charge is -2.54. The Morgan fingerprint density at radius 1 is 1.20 bits per heavy atom. The summed E-state index contributed by atoms with van der Waals surface area (Å²) in [7, 11) is 0. The molecular formula is C21H30N4. The highest BCUT2D eigenvalue weighted by Gasteiger charge is 2.49. The molecule has 1 aliphatic carbocycles. The van der Waals surface area contributed by atoms with Crippen LogP contribution in [-0.2, 0) is 13.0 Å². The second-order valence-corrected chi connectivity index (χ2v) is 8.70. The molecule has 1 aliphatic heterocycles. The summed E-state index contributed by atoms with van der Waals surface area (Å²) in [4.78, 5) is 4.70. The van der Waals surface area contributed by atoms with Gasteiger partial charge in [0.2, 0.25) is 0 Å². The van der Waals surface area contributed by atoms with Crippen LogP contribution < -0.4 is 5.32 Å². The number of rotatable bonds is 4. The molecule has 134 valence electrons. The summed E-state index contributed by atoms with van der Waals surface area (Å²) in [5, 5.41) is 8.65. The molecule has 0 amide bonds. The smallest absolute Gasteiger partial charge is 0.153 e. The number of nitrogens with zero attached hydrogens (tertiary/aromatic N) is 3. The van der Waals surface area contributed by atoms with E-state index in [2.05, 4.69) is 68.0 Å². The van der Waals surface area contributed by atoms with Crippen molar-refractivity contribution in [2.75, 3.05) is 0 Å². The van der Waals surface area contributed by atoms with Gasteiger partial charge in [0.1, 0.15) is 5.82 Å². The summed E-state index contributed by atoms with van der Waals surface area (Å²) in [5.74, 6) is 3.21. The van der Waals surface area contributed by atoms with E-state index >= 15 is 0 Å². The van der Waals surface area contributed by atoms with E-state index in [4.69, 9.17) is 10.1 Å². The quantitative estimate of drug-likeness (QED) is 0.920. The Morgan fingerprint density at radius 2 is 1.96 bits per heavy atom. The van der Waals surface area contributed by atoms with Gasteiger partial charge in [-0.3, -0.25) is 0 Å². The number of aromatic nitrogens is 3. The van der Waals surface area contributed by atoms with Crippen molar-refractivity contribution in [3.8, 4) is 0 Å². The van der Waals surface area contributed by atoms with Crippen molar-refractivity contribution in [1.82, 2.24) is 20.1 Å². The number of benzene rings is 1. The Labute approximate surface area is 151 Å². The van der Waals surface area contributed by atoms with Crippen LogP contribution in [0.2, 0.25) is 0 Å². The van der Waals surface area contributed by atoms with E-state index in [9.17, 15) is 0 Å². The molecule has 1 aromatic carbocycles. The van der Waals surface area contributed by atoms with Gasteiger partial charge in [0.05, 0.1) is 6.54 Å². The van der Waals surface area contributed by atoms with Crippen molar-refractivity contribution >= 4 is 0 Å². The van der Waals surface area contributed by atoms with Gasteiger partial charge in [-0.1, -0.05) is 58.0 Å². The van der Waals surface area contributed by atoms with Gasteiger partial charge in [0.25, 0.3) is 0 Å². The molecule has 0 unspecified atom stereocenters. The average Bonchev–Trinajstić information content (AvgIpc) is 3.02. The van der Waals surface area contributed by atoms with E-state index in [1.807, 2.05) is 0 Å². The lowest BCUT2D eigenvalue weighted by Crippen LogP contribution is -2.59. The first-order chi connectivity index (χ1) is 11.9. The molecule has 4 heteroatoms. The molecule has 0 radical (unpaired) electrons. The highest BCUT2D eigenvalue weighted by molar-refractivity contribution is 5.27.